The molecule has 0 bridgehead atoms. The van der Waals surface area contributed by atoms with Crippen LogP contribution < -0.4 is 5.43 Å². The molecule has 0 aliphatic carbocycles. The van der Waals surface area contributed by atoms with Gasteiger partial charge in [0.15, 0.2) is 22.7 Å². The molecule has 0 unspecified atom stereocenters. The Bertz CT molecular complexity index is 830. The molecular formula is C14H10O4. The Balaban J connectivity index is 2.66. The van der Waals surface area contributed by atoms with Crippen LogP contribution in [-0.4, -0.2) is 10.2 Å². The average molecular weight is 242 g/mol. The van der Waals surface area contributed by atoms with Crippen LogP contribution in [0.3, 0.4) is 0 Å². The fraction of sp³-hybridized carbons (Fsp3) is 0.0714. The van der Waals surface area contributed by atoms with Crippen molar-refractivity contribution < 1.29 is 14.6 Å². The van der Waals surface area contributed by atoms with E-state index in [1.807, 2.05) is 0 Å². The first-order valence-electron chi connectivity index (χ1n) is 5.46. The second kappa shape index (κ2) is 3.50. The summed E-state index contributed by atoms with van der Waals surface area (Å²) < 4.78 is 5.44. The van der Waals surface area contributed by atoms with Crippen LogP contribution in [0.1, 0.15) is 5.56 Å². The van der Waals surface area contributed by atoms with E-state index in [0.29, 0.717) is 10.8 Å². The predicted molar refractivity (Wildman–Crippen MR) is 68.1 cm³/mol. The molecule has 1 aromatic heterocycles. The highest BCUT2D eigenvalue weighted by Crippen LogP contribution is 2.30. The molecule has 0 aliphatic heterocycles. The lowest BCUT2D eigenvalue weighted by Crippen LogP contribution is -2.02. The zero-order valence-electron chi connectivity index (χ0n) is 9.60. The minimum Gasteiger partial charge on any atom is -0.504 e. The van der Waals surface area contributed by atoms with E-state index in [-0.39, 0.29) is 28.1 Å². The highest BCUT2D eigenvalue weighted by atomic mass is 16.4. The molecule has 4 heteroatoms. The summed E-state index contributed by atoms with van der Waals surface area (Å²) in [7, 11) is 0. The third-order valence-corrected chi connectivity index (χ3v) is 2.90. The van der Waals surface area contributed by atoms with Gasteiger partial charge in [-0.2, -0.15) is 0 Å². The number of fused-ring (bicyclic) bond motifs is 2. The second-order valence-corrected chi connectivity index (χ2v) is 4.25. The zero-order chi connectivity index (χ0) is 12.9. The van der Waals surface area contributed by atoms with Crippen molar-refractivity contribution in [2.45, 2.75) is 6.92 Å². The lowest BCUT2D eigenvalue weighted by Gasteiger charge is -2.05. The number of benzene rings is 2. The predicted octanol–water partition coefficient (Wildman–Crippen LogP) is 2.67. The van der Waals surface area contributed by atoms with E-state index >= 15 is 0 Å². The Morgan fingerprint density at radius 2 is 1.72 bits per heavy atom. The molecule has 0 saturated heterocycles. The van der Waals surface area contributed by atoms with Crippen molar-refractivity contribution in [1.82, 2.24) is 0 Å². The molecule has 90 valence electrons. The van der Waals surface area contributed by atoms with Crippen molar-refractivity contribution in [2.24, 2.45) is 0 Å². The molecule has 3 rings (SSSR count). The lowest BCUT2D eigenvalue weighted by molar-refractivity contribution is 0.455. The van der Waals surface area contributed by atoms with Gasteiger partial charge in [-0.25, -0.2) is 0 Å². The number of hydrogen-bond acceptors (Lipinski definition) is 4. The smallest absolute Gasteiger partial charge is 0.200 e. The number of rotatable bonds is 0. The van der Waals surface area contributed by atoms with Gasteiger partial charge in [0.2, 0.25) is 5.43 Å². The van der Waals surface area contributed by atoms with Crippen LogP contribution in [0.5, 0.6) is 11.5 Å². The summed E-state index contributed by atoms with van der Waals surface area (Å²) in [4.78, 5) is 12.3. The zero-order valence-corrected chi connectivity index (χ0v) is 9.60. The Kier molecular flexibility index (Phi) is 2.07. The van der Waals surface area contributed by atoms with Crippen LogP contribution in [0, 0.1) is 6.92 Å². The largest absolute Gasteiger partial charge is 0.504 e. The van der Waals surface area contributed by atoms with E-state index in [1.165, 1.54) is 12.1 Å². The van der Waals surface area contributed by atoms with Gasteiger partial charge in [-0.15, -0.1) is 0 Å². The number of phenolic OH excluding ortho intramolecular Hbond substituents is 2. The minimum atomic E-state index is -0.263. The van der Waals surface area contributed by atoms with Crippen LogP contribution in [-0.2, 0) is 0 Å². The number of aryl methyl sites for hydroxylation is 1. The number of aromatic hydroxyl groups is 2. The normalized spacial score (nSPS) is 11.2. The van der Waals surface area contributed by atoms with Crippen LogP contribution in [0.2, 0.25) is 0 Å². The van der Waals surface area contributed by atoms with Gasteiger partial charge >= 0.3 is 0 Å². The molecule has 3 aromatic rings. The van der Waals surface area contributed by atoms with E-state index in [2.05, 4.69) is 0 Å². The Morgan fingerprint density at radius 3 is 2.50 bits per heavy atom. The Labute approximate surface area is 102 Å². The third kappa shape index (κ3) is 1.35. The quantitative estimate of drug-likeness (QED) is 0.594. The molecule has 18 heavy (non-hydrogen) atoms. The monoisotopic (exact) mass is 242 g/mol. The maximum atomic E-state index is 12.3. The molecule has 1 heterocycles. The summed E-state index contributed by atoms with van der Waals surface area (Å²) in [5.41, 5.74) is 0.696. The number of para-hydroxylation sites is 1. The van der Waals surface area contributed by atoms with E-state index in [1.54, 1.807) is 25.1 Å². The Morgan fingerprint density at radius 1 is 1.00 bits per heavy atom. The molecule has 0 atom stereocenters. The summed E-state index contributed by atoms with van der Waals surface area (Å²) in [5, 5.41) is 20.1. The summed E-state index contributed by atoms with van der Waals surface area (Å²) in [6.45, 7) is 1.78. The van der Waals surface area contributed by atoms with Gasteiger partial charge in [-0.1, -0.05) is 6.07 Å². The van der Waals surface area contributed by atoms with Crippen LogP contribution in [0.4, 0.5) is 0 Å². The SMILES string of the molecule is Cc1cc(O)c2oc3c(O)cccc3c(=O)c2c1. The molecule has 0 spiro atoms. The van der Waals surface area contributed by atoms with Gasteiger partial charge in [0.25, 0.3) is 0 Å². The first-order valence-corrected chi connectivity index (χ1v) is 5.46. The van der Waals surface area contributed by atoms with Gasteiger partial charge in [-0.05, 0) is 36.8 Å². The summed E-state index contributed by atoms with van der Waals surface area (Å²) in [5.74, 6) is -0.223. The first-order chi connectivity index (χ1) is 8.58. The van der Waals surface area contributed by atoms with E-state index in [0.717, 1.165) is 5.56 Å². The highest BCUT2D eigenvalue weighted by Gasteiger charge is 2.13. The molecule has 0 saturated carbocycles. The Hall–Kier alpha value is -2.49. The van der Waals surface area contributed by atoms with Gasteiger partial charge < -0.3 is 14.6 Å². The fourth-order valence-corrected chi connectivity index (χ4v) is 2.09. The van der Waals surface area contributed by atoms with Crippen LogP contribution in [0.25, 0.3) is 21.9 Å². The van der Waals surface area contributed by atoms with E-state index in [9.17, 15) is 15.0 Å². The van der Waals surface area contributed by atoms with Crippen molar-refractivity contribution >= 4 is 21.9 Å². The topological polar surface area (TPSA) is 70.7 Å². The lowest BCUT2D eigenvalue weighted by atomic mass is 10.1. The van der Waals surface area contributed by atoms with E-state index in [4.69, 9.17) is 4.42 Å². The molecule has 0 amide bonds. The maximum Gasteiger partial charge on any atom is 0.200 e. The summed E-state index contributed by atoms with van der Waals surface area (Å²) in [6, 6.07) is 7.76. The minimum absolute atomic E-state index is 0.0918. The standard InChI is InChI=1S/C14H10O4/c1-7-5-9-12(17)8-3-2-4-10(15)13(8)18-14(9)11(16)6-7/h2-6,15-16H,1H3. The van der Waals surface area contributed by atoms with Crippen molar-refractivity contribution in [3.63, 3.8) is 0 Å². The van der Waals surface area contributed by atoms with Crippen molar-refractivity contribution in [2.75, 3.05) is 0 Å². The highest BCUT2D eigenvalue weighted by molar-refractivity contribution is 5.94. The fourth-order valence-electron chi connectivity index (χ4n) is 2.09. The molecule has 0 fully saturated rings. The van der Waals surface area contributed by atoms with Gasteiger partial charge in [0.05, 0.1) is 10.8 Å². The molecule has 2 aromatic carbocycles. The first kappa shape index (κ1) is 10.7. The van der Waals surface area contributed by atoms with Crippen LogP contribution in [0.15, 0.2) is 39.5 Å². The van der Waals surface area contributed by atoms with Gasteiger partial charge in [0, 0.05) is 0 Å². The van der Waals surface area contributed by atoms with Crippen molar-refractivity contribution in [3.05, 3.63) is 46.1 Å². The van der Waals surface area contributed by atoms with Gasteiger partial charge in [0.1, 0.15) is 0 Å². The molecule has 2 N–H and O–H groups in total. The second-order valence-electron chi connectivity index (χ2n) is 4.25. The molecule has 0 aliphatic rings. The van der Waals surface area contributed by atoms with Gasteiger partial charge in [-0.3, -0.25) is 4.79 Å². The molecule has 0 radical (unpaired) electrons. The third-order valence-electron chi connectivity index (χ3n) is 2.90. The van der Waals surface area contributed by atoms with Crippen LogP contribution >= 0.6 is 0 Å². The van der Waals surface area contributed by atoms with E-state index < -0.39 is 0 Å². The molecular weight excluding hydrogens is 232 g/mol. The number of hydrogen-bond donors (Lipinski definition) is 2. The maximum absolute atomic E-state index is 12.3. The summed E-state index contributed by atoms with van der Waals surface area (Å²) in [6.07, 6.45) is 0. The molecule has 4 nitrogen and oxygen atoms in total. The average Bonchev–Trinajstić information content (AvgIpc) is 2.32. The number of phenols is 2. The van der Waals surface area contributed by atoms with Crippen molar-refractivity contribution in [1.29, 1.82) is 0 Å². The van der Waals surface area contributed by atoms with Crippen molar-refractivity contribution in [3.8, 4) is 11.5 Å². The summed E-state index contributed by atoms with van der Waals surface area (Å²) >= 11 is 0.